The summed E-state index contributed by atoms with van der Waals surface area (Å²) in [7, 11) is 0. The number of nitrogens with one attached hydrogen (secondary N) is 1. The van der Waals surface area contributed by atoms with Crippen molar-refractivity contribution in [1.29, 1.82) is 0 Å². The van der Waals surface area contributed by atoms with Crippen molar-refractivity contribution in [2.24, 2.45) is 0 Å². The average molecular weight is 357 g/mol. The van der Waals surface area contributed by atoms with Crippen molar-refractivity contribution < 1.29 is 19.4 Å². The van der Waals surface area contributed by atoms with E-state index in [2.05, 4.69) is 5.32 Å². The van der Waals surface area contributed by atoms with E-state index in [1.807, 2.05) is 58.0 Å². The Hall–Kier alpha value is -2.53. The molecule has 0 radical (unpaired) electrons. The molecule has 1 atom stereocenters. The van der Waals surface area contributed by atoms with E-state index in [1.54, 1.807) is 12.1 Å². The van der Waals surface area contributed by atoms with E-state index in [9.17, 15) is 9.90 Å². The van der Waals surface area contributed by atoms with Crippen molar-refractivity contribution in [3.8, 4) is 11.5 Å². The molecule has 0 bridgehead atoms. The molecule has 26 heavy (non-hydrogen) atoms. The molecule has 0 spiro atoms. The standard InChI is InChI=1S/C21H27NO4/c1-14(2)26-18-10-6-9-17(11-18)19(23)12-22-20(24)13-25-21-15(3)7-5-8-16(21)4/h5-11,14,19,23H,12-13H2,1-4H3,(H,22,24). The summed E-state index contributed by atoms with van der Waals surface area (Å²) in [4.78, 5) is 12.0. The molecule has 0 fully saturated rings. The Kier molecular flexibility index (Phi) is 7.04. The molecule has 2 rings (SSSR count). The number of benzene rings is 2. The highest BCUT2D eigenvalue weighted by atomic mass is 16.5. The highest BCUT2D eigenvalue weighted by Gasteiger charge is 2.12. The van der Waals surface area contributed by atoms with Gasteiger partial charge in [-0.15, -0.1) is 0 Å². The minimum absolute atomic E-state index is 0.0594. The van der Waals surface area contributed by atoms with Crippen molar-refractivity contribution in [3.63, 3.8) is 0 Å². The van der Waals surface area contributed by atoms with E-state index in [4.69, 9.17) is 9.47 Å². The summed E-state index contributed by atoms with van der Waals surface area (Å²) in [5, 5.41) is 13.0. The lowest BCUT2D eigenvalue weighted by molar-refractivity contribution is -0.123. The number of amides is 1. The number of ether oxygens (including phenoxy) is 2. The number of carbonyl (C=O) groups excluding carboxylic acids is 1. The minimum Gasteiger partial charge on any atom is -0.491 e. The molecular formula is C21H27NO4. The Morgan fingerprint density at radius 1 is 1.12 bits per heavy atom. The molecule has 0 aromatic heterocycles. The lowest BCUT2D eigenvalue weighted by Crippen LogP contribution is -2.32. The summed E-state index contributed by atoms with van der Waals surface area (Å²) < 4.78 is 11.2. The summed E-state index contributed by atoms with van der Waals surface area (Å²) in [6.07, 6.45) is -0.751. The van der Waals surface area contributed by atoms with Gasteiger partial charge in [-0.25, -0.2) is 0 Å². The van der Waals surface area contributed by atoms with Gasteiger partial charge in [0.25, 0.3) is 5.91 Å². The van der Waals surface area contributed by atoms with Gasteiger partial charge < -0.3 is 19.9 Å². The second-order valence-corrected chi connectivity index (χ2v) is 6.57. The zero-order valence-corrected chi connectivity index (χ0v) is 15.8. The van der Waals surface area contributed by atoms with E-state index in [1.165, 1.54) is 0 Å². The second kappa shape index (κ2) is 9.25. The summed E-state index contributed by atoms with van der Waals surface area (Å²) in [5.41, 5.74) is 2.67. The van der Waals surface area contributed by atoms with Gasteiger partial charge in [-0.3, -0.25) is 4.79 Å². The summed E-state index contributed by atoms with van der Waals surface area (Å²) in [6.45, 7) is 7.79. The van der Waals surface area contributed by atoms with Crippen molar-refractivity contribution in [3.05, 3.63) is 59.2 Å². The van der Waals surface area contributed by atoms with Crippen LogP contribution in [0.25, 0.3) is 0 Å². The van der Waals surface area contributed by atoms with Crippen molar-refractivity contribution in [1.82, 2.24) is 5.32 Å². The molecule has 0 aliphatic heterocycles. The highest BCUT2D eigenvalue weighted by Crippen LogP contribution is 2.22. The smallest absolute Gasteiger partial charge is 0.258 e. The van der Waals surface area contributed by atoms with Crippen LogP contribution in [0.15, 0.2) is 42.5 Å². The van der Waals surface area contributed by atoms with Crippen molar-refractivity contribution >= 4 is 5.91 Å². The van der Waals surface area contributed by atoms with Crippen LogP contribution in [0, 0.1) is 13.8 Å². The SMILES string of the molecule is Cc1cccc(C)c1OCC(=O)NCC(O)c1cccc(OC(C)C)c1. The largest absolute Gasteiger partial charge is 0.491 e. The van der Waals surface area contributed by atoms with E-state index >= 15 is 0 Å². The Balaban J connectivity index is 1.85. The number of rotatable bonds is 8. The van der Waals surface area contributed by atoms with Crippen LogP contribution in [-0.4, -0.2) is 30.3 Å². The predicted octanol–water partition coefficient (Wildman–Crippen LogP) is 3.32. The Morgan fingerprint density at radius 3 is 2.42 bits per heavy atom. The molecule has 0 aliphatic carbocycles. The van der Waals surface area contributed by atoms with E-state index < -0.39 is 6.10 Å². The molecule has 1 unspecified atom stereocenters. The fourth-order valence-electron chi connectivity index (χ4n) is 2.61. The van der Waals surface area contributed by atoms with Gasteiger partial charge in [0.1, 0.15) is 11.5 Å². The molecule has 5 nitrogen and oxygen atoms in total. The number of carbonyl (C=O) groups is 1. The van der Waals surface area contributed by atoms with Gasteiger partial charge in [-0.1, -0.05) is 30.3 Å². The van der Waals surface area contributed by atoms with Crippen LogP contribution < -0.4 is 14.8 Å². The molecule has 2 aromatic carbocycles. The van der Waals surface area contributed by atoms with Crippen LogP contribution in [0.2, 0.25) is 0 Å². The molecule has 140 valence electrons. The van der Waals surface area contributed by atoms with Crippen LogP contribution in [-0.2, 0) is 4.79 Å². The highest BCUT2D eigenvalue weighted by molar-refractivity contribution is 5.77. The maximum absolute atomic E-state index is 12.0. The van der Waals surface area contributed by atoms with Crippen molar-refractivity contribution in [2.75, 3.05) is 13.2 Å². The van der Waals surface area contributed by atoms with Gasteiger partial charge >= 0.3 is 0 Å². The Morgan fingerprint density at radius 2 is 1.77 bits per heavy atom. The van der Waals surface area contributed by atoms with Gasteiger partial charge in [0.05, 0.1) is 12.2 Å². The Bertz CT molecular complexity index is 722. The van der Waals surface area contributed by atoms with Gasteiger partial charge in [-0.05, 0) is 56.5 Å². The third-order valence-corrected chi connectivity index (χ3v) is 3.86. The van der Waals surface area contributed by atoms with Gasteiger partial charge in [0, 0.05) is 6.54 Å². The Labute approximate surface area is 155 Å². The predicted molar refractivity (Wildman–Crippen MR) is 102 cm³/mol. The first kappa shape index (κ1) is 19.8. The van der Waals surface area contributed by atoms with Crippen LogP contribution in [0.4, 0.5) is 0 Å². The fraction of sp³-hybridized carbons (Fsp3) is 0.381. The van der Waals surface area contributed by atoms with E-state index in [0.717, 1.165) is 16.9 Å². The minimum atomic E-state index is -0.810. The number of hydrogen-bond acceptors (Lipinski definition) is 4. The second-order valence-electron chi connectivity index (χ2n) is 6.57. The molecule has 0 saturated heterocycles. The van der Waals surface area contributed by atoms with Gasteiger partial charge in [0.2, 0.25) is 0 Å². The zero-order valence-electron chi connectivity index (χ0n) is 15.8. The molecule has 2 aromatic rings. The van der Waals surface area contributed by atoms with Gasteiger partial charge in [0.15, 0.2) is 6.61 Å². The average Bonchev–Trinajstić information content (AvgIpc) is 2.59. The van der Waals surface area contributed by atoms with Crippen molar-refractivity contribution in [2.45, 2.75) is 39.9 Å². The third-order valence-electron chi connectivity index (χ3n) is 3.86. The maximum atomic E-state index is 12.0. The van der Waals surface area contributed by atoms with Gasteiger partial charge in [-0.2, -0.15) is 0 Å². The van der Waals surface area contributed by atoms with E-state index in [-0.39, 0.29) is 25.2 Å². The molecule has 0 saturated carbocycles. The van der Waals surface area contributed by atoms with Crippen LogP contribution in [0.3, 0.4) is 0 Å². The number of aliphatic hydroxyl groups excluding tert-OH is 1. The fourth-order valence-corrected chi connectivity index (χ4v) is 2.61. The van der Waals surface area contributed by atoms with Crippen LogP contribution in [0.5, 0.6) is 11.5 Å². The molecule has 2 N–H and O–H groups in total. The first-order valence-corrected chi connectivity index (χ1v) is 8.77. The first-order chi connectivity index (χ1) is 12.4. The monoisotopic (exact) mass is 357 g/mol. The third kappa shape index (κ3) is 5.77. The number of aliphatic hydroxyl groups is 1. The topological polar surface area (TPSA) is 67.8 Å². The number of para-hydroxylation sites is 1. The number of aryl methyl sites for hydroxylation is 2. The molecule has 0 heterocycles. The lowest BCUT2D eigenvalue weighted by atomic mass is 10.1. The molecular weight excluding hydrogens is 330 g/mol. The first-order valence-electron chi connectivity index (χ1n) is 8.77. The zero-order chi connectivity index (χ0) is 19.1. The van der Waals surface area contributed by atoms with E-state index in [0.29, 0.717) is 11.3 Å². The normalized spacial score (nSPS) is 11.9. The molecule has 0 aliphatic rings. The summed E-state index contributed by atoms with van der Waals surface area (Å²) in [6, 6.07) is 13.1. The molecule has 1 amide bonds. The summed E-state index contributed by atoms with van der Waals surface area (Å²) >= 11 is 0. The lowest BCUT2D eigenvalue weighted by Gasteiger charge is -2.16. The quantitative estimate of drug-likeness (QED) is 0.760. The maximum Gasteiger partial charge on any atom is 0.258 e. The molecule has 5 heteroatoms. The van der Waals surface area contributed by atoms with Crippen LogP contribution >= 0.6 is 0 Å². The van der Waals surface area contributed by atoms with Crippen LogP contribution in [0.1, 0.15) is 36.6 Å². The number of hydrogen-bond donors (Lipinski definition) is 2. The summed E-state index contributed by atoms with van der Waals surface area (Å²) in [5.74, 6) is 1.14.